The Morgan fingerprint density at radius 2 is 1.49 bits per heavy atom. The van der Waals surface area contributed by atoms with Crippen LogP contribution in [0.3, 0.4) is 0 Å². The third-order valence-electron chi connectivity index (χ3n) is 10.5. The largest absolute Gasteiger partial charge is 0.495 e. The Morgan fingerprint density at radius 1 is 0.872 bits per heavy atom. The van der Waals surface area contributed by atoms with Crippen molar-refractivity contribution in [2.75, 3.05) is 13.6 Å². The molecule has 5 nitrogen and oxygen atoms in total. The van der Waals surface area contributed by atoms with Crippen LogP contribution in [-0.2, 0) is 9.31 Å². The highest BCUT2D eigenvalue weighted by Crippen LogP contribution is 2.52. The van der Waals surface area contributed by atoms with Crippen molar-refractivity contribution in [1.29, 1.82) is 0 Å². The van der Waals surface area contributed by atoms with E-state index < -0.39 is 0 Å². The molecule has 2 saturated heterocycles. The summed E-state index contributed by atoms with van der Waals surface area (Å²) < 4.78 is 13.1. The van der Waals surface area contributed by atoms with Crippen molar-refractivity contribution in [1.82, 2.24) is 14.9 Å². The van der Waals surface area contributed by atoms with Gasteiger partial charge in [-0.2, -0.15) is 0 Å². The normalized spacial score (nSPS) is 29.2. The van der Waals surface area contributed by atoms with E-state index in [0.29, 0.717) is 23.8 Å². The maximum absolute atomic E-state index is 6.55. The van der Waals surface area contributed by atoms with Crippen LogP contribution in [0.25, 0.3) is 22.4 Å². The Morgan fingerprint density at radius 3 is 2.10 bits per heavy atom. The lowest BCUT2D eigenvalue weighted by molar-refractivity contribution is 0.00578. The van der Waals surface area contributed by atoms with E-state index in [4.69, 9.17) is 14.3 Å². The zero-order valence-corrected chi connectivity index (χ0v) is 24.4. The Labute approximate surface area is 233 Å². The van der Waals surface area contributed by atoms with E-state index in [-0.39, 0.29) is 18.3 Å². The molecule has 8 rings (SSSR count). The fraction of sp³-hybridized carbons (Fsp3) is 0.545. The monoisotopic (exact) mass is 523 g/mol. The van der Waals surface area contributed by atoms with E-state index in [1.54, 1.807) is 5.56 Å². The predicted octanol–water partition coefficient (Wildman–Crippen LogP) is 6.81. The van der Waals surface area contributed by atoms with Gasteiger partial charge in [-0.15, -0.1) is 0 Å². The Bertz CT molecular complexity index is 1370. The van der Waals surface area contributed by atoms with Crippen molar-refractivity contribution in [3.63, 3.8) is 0 Å². The molecule has 3 aliphatic carbocycles. The SMILES string of the molecule is C[C@@H]1C[C@@H](c2nc(-c3ccc(-c4ccc(B5OC(C)(C)C(C)(C)O5)c5c4C4CCC5CC4)cc3)c[nH]2)N(C)C1. The number of aromatic amines is 1. The Hall–Kier alpha value is -2.41. The smallest absolute Gasteiger partial charge is 0.399 e. The summed E-state index contributed by atoms with van der Waals surface area (Å²) in [5, 5.41) is 0. The molecule has 1 saturated carbocycles. The number of benzene rings is 2. The second-order valence-corrected chi connectivity index (χ2v) is 13.7. The molecule has 0 spiro atoms. The Balaban J connectivity index is 1.22. The first-order chi connectivity index (χ1) is 18.6. The molecule has 2 aliphatic heterocycles. The minimum Gasteiger partial charge on any atom is -0.399 e. The fourth-order valence-corrected chi connectivity index (χ4v) is 7.70. The molecule has 3 heterocycles. The summed E-state index contributed by atoms with van der Waals surface area (Å²) >= 11 is 0. The summed E-state index contributed by atoms with van der Waals surface area (Å²) in [6.45, 7) is 12.1. The van der Waals surface area contributed by atoms with Crippen LogP contribution in [-0.4, -0.2) is 46.8 Å². The molecule has 0 radical (unpaired) electrons. The molecule has 1 N–H and O–H groups in total. The third kappa shape index (κ3) is 4.13. The highest BCUT2D eigenvalue weighted by molar-refractivity contribution is 6.62. The molecular weight excluding hydrogens is 481 g/mol. The van der Waals surface area contributed by atoms with Gasteiger partial charge in [0.25, 0.3) is 0 Å². The molecule has 39 heavy (non-hydrogen) atoms. The van der Waals surface area contributed by atoms with Crippen LogP contribution in [0.4, 0.5) is 0 Å². The van der Waals surface area contributed by atoms with Crippen LogP contribution < -0.4 is 5.46 Å². The minimum atomic E-state index is -0.329. The highest BCUT2D eigenvalue weighted by Gasteiger charge is 2.53. The number of nitrogens with one attached hydrogen (secondary N) is 1. The lowest BCUT2D eigenvalue weighted by atomic mass is 9.59. The number of rotatable bonds is 4. The van der Waals surface area contributed by atoms with Gasteiger partial charge in [0.05, 0.1) is 22.9 Å². The summed E-state index contributed by atoms with van der Waals surface area (Å²) in [4.78, 5) is 10.9. The highest BCUT2D eigenvalue weighted by atomic mass is 16.7. The van der Waals surface area contributed by atoms with Gasteiger partial charge in [0.15, 0.2) is 0 Å². The fourth-order valence-electron chi connectivity index (χ4n) is 7.70. The summed E-state index contributed by atoms with van der Waals surface area (Å²) in [5.74, 6) is 3.04. The van der Waals surface area contributed by atoms with Crippen LogP contribution >= 0.6 is 0 Å². The van der Waals surface area contributed by atoms with Crippen molar-refractivity contribution in [3.05, 3.63) is 59.5 Å². The second kappa shape index (κ2) is 9.05. The molecule has 1 aromatic heterocycles. The van der Waals surface area contributed by atoms with Gasteiger partial charge in [-0.05, 0) is 112 Å². The number of imidazole rings is 1. The van der Waals surface area contributed by atoms with E-state index in [2.05, 4.69) is 94.1 Å². The zero-order valence-electron chi connectivity index (χ0n) is 24.4. The summed E-state index contributed by atoms with van der Waals surface area (Å²) in [5.41, 5.74) is 8.55. The van der Waals surface area contributed by atoms with Crippen LogP contribution in [0, 0.1) is 5.92 Å². The molecule has 6 heteroatoms. The Kier molecular flexibility index (Phi) is 5.93. The van der Waals surface area contributed by atoms with Gasteiger partial charge in [0.2, 0.25) is 0 Å². The average molecular weight is 524 g/mol. The quantitative estimate of drug-likeness (QED) is 0.382. The van der Waals surface area contributed by atoms with Crippen molar-refractivity contribution < 1.29 is 9.31 Å². The van der Waals surface area contributed by atoms with Gasteiger partial charge >= 0.3 is 7.12 Å². The van der Waals surface area contributed by atoms with Gasteiger partial charge in [-0.25, -0.2) is 4.98 Å². The standard InChI is InChI=1S/C33H42BN3O2/c1-20-17-28(37(6)19-20)31-35-18-27(36-31)22-9-7-21(8-10-22)25-15-16-26(34-38-32(2,3)33(4,5)39-34)30-24-13-11-23(12-14-24)29(25)30/h7-10,15-16,18,20,23-24,28H,11-14,17,19H2,1-6H3,(H,35,36)/t20-,23?,24?,28+/m1/s1. The average Bonchev–Trinajstić information content (AvgIpc) is 3.59. The van der Waals surface area contributed by atoms with E-state index in [9.17, 15) is 0 Å². The summed E-state index contributed by atoms with van der Waals surface area (Å²) in [6.07, 6.45) is 8.38. The number of hydrogen-bond acceptors (Lipinski definition) is 4. The van der Waals surface area contributed by atoms with Crippen LogP contribution in [0.15, 0.2) is 42.6 Å². The third-order valence-corrected chi connectivity index (χ3v) is 10.5. The molecule has 2 atom stereocenters. The number of fused-ring (bicyclic) bond motifs is 2. The summed E-state index contributed by atoms with van der Waals surface area (Å²) in [6, 6.07) is 14.1. The van der Waals surface area contributed by atoms with Crippen LogP contribution in [0.2, 0.25) is 0 Å². The van der Waals surface area contributed by atoms with Gasteiger partial charge < -0.3 is 14.3 Å². The minimum absolute atomic E-state index is 0.296. The van der Waals surface area contributed by atoms with Crippen molar-refractivity contribution >= 4 is 12.6 Å². The van der Waals surface area contributed by atoms with Crippen LogP contribution in [0.1, 0.15) is 102 Å². The second-order valence-electron chi connectivity index (χ2n) is 13.7. The molecule has 5 aliphatic rings. The molecule has 2 bridgehead atoms. The first-order valence-electron chi connectivity index (χ1n) is 15.0. The van der Waals surface area contributed by atoms with E-state index in [0.717, 1.165) is 24.5 Å². The molecule has 3 aromatic rings. The molecular formula is C33H42BN3O2. The number of aromatic nitrogens is 2. The van der Waals surface area contributed by atoms with E-state index in [1.807, 2.05) is 0 Å². The lowest BCUT2D eigenvalue weighted by Crippen LogP contribution is -2.41. The molecule has 0 amide bonds. The van der Waals surface area contributed by atoms with Gasteiger partial charge in [0, 0.05) is 18.3 Å². The zero-order chi connectivity index (χ0) is 27.1. The number of likely N-dealkylation sites (tertiary alicyclic amines) is 1. The predicted molar refractivity (Wildman–Crippen MR) is 158 cm³/mol. The maximum atomic E-state index is 6.55. The molecule has 204 valence electrons. The topological polar surface area (TPSA) is 50.4 Å². The number of H-pyrrole nitrogens is 1. The molecule has 0 unspecified atom stereocenters. The first kappa shape index (κ1) is 25.6. The number of hydrogen-bond donors (Lipinski definition) is 1. The van der Waals surface area contributed by atoms with Crippen molar-refractivity contribution in [2.45, 2.75) is 95.8 Å². The van der Waals surface area contributed by atoms with E-state index in [1.165, 1.54) is 53.4 Å². The maximum Gasteiger partial charge on any atom is 0.495 e. The first-order valence-corrected chi connectivity index (χ1v) is 15.0. The van der Waals surface area contributed by atoms with Crippen LogP contribution in [0.5, 0.6) is 0 Å². The lowest BCUT2D eigenvalue weighted by Gasteiger charge is -2.41. The van der Waals surface area contributed by atoms with Crippen molar-refractivity contribution in [3.8, 4) is 22.4 Å². The van der Waals surface area contributed by atoms with Gasteiger partial charge in [-0.1, -0.05) is 43.3 Å². The molecule has 2 aromatic carbocycles. The van der Waals surface area contributed by atoms with Gasteiger partial charge in [-0.3, -0.25) is 4.90 Å². The summed E-state index contributed by atoms with van der Waals surface area (Å²) in [7, 11) is 1.91. The van der Waals surface area contributed by atoms with Crippen molar-refractivity contribution in [2.24, 2.45) is 5.92 Å². The van der Waals surface area contributed by atoms with E-state index >= 15 is 0 Å². The van der Waals surface area contributed by atoms with Gasteiger partial charge in [0.1, 0.15) is 5.82 Å². The number of nitrogens with zero attached hydrogens (tertiary/aromatic N) is 2. The molecule has 3 fully saturated rings.